The molecule has 8 rings (SSSR count). The van der Waals surface area contributed by atoms with E-state index < -0.39 is 0 Å². The summed E-state index contributed by atoms with van der Waals surface area (Å²) >= 11 is 0. The molecule has 2 amide bonds. The number of H-pyrrole nitrogens is 1. The molecule has 2 bridgehead atoms. The second-order valence-corrected chi connectivity index (χ2v) is 10.6. The van der Waals surface area contributed by atoms with E-state index in [2.05, 4.69) is 38.5 Å². The Morgan fingerprint density at radius 3 is 2.79 bits per heavy atom. The van der Waals surface area contributed by atoms with Crippen molar-refractivity contribution in [1.82, 2.24) is 35.2 Å². The third kappa shape index (κ3) is 2.90. The first-order valence-corrected chi connectivity index (χ1v) is 12.4. The number of rotatable bonds is 4. The van der Waals surface area contributed by atoms with Crippen molar-refractivity contribution in [2.75, 3.05) is 37.7 Å². The number of anilines is 1. The number of hydrogen-bond donors (Lipinski definition) is 2. The van der Waals surface area contributed by atoms with Crippen LogP contribution in [-0.4, -0.2) is 80.3 Å². The van der Waals surface area contributed by atoms with Crippen molar-refractivity contribution in [3.63, 3.8) is 0 Å². The van der Waals surface area contributed by atoms with Crippen molar-refractivity contribution in [2.45, 2.75) is 56.0 Å². The number of carbonyl (C=O) groups excluding carboxylic acids is 1. The zero-order chi connectivity index (χ0) is 22.9. The van der Waals surface area contributed by atoms with Crippen LogP contribution >= 0.6 is 0 Å². The van der Waals surface area contributed by atoms with Gasteiger partial charge in [-0.3, -0.25) is 5.10 Å². The number of nitrogens with zero attached hydrogens (tertiary/aromatic N) is 6. The molecule has 5 heterocycles. The van der Waals surface area contributed by atoms with Crippen molar-refractivity contribution in [2.24, 2.45) is 0 Å². The van der Waals surface area contributed by atoms with Gasteiger partial charge >= 0.3 is 6.03 Å². The predicted molar refractivity (Wildman–Crippen MR) is 126 cm³/mol. The number of likely N-dealkylation sites (tertiary alicyclic amines) is 1. The SMILES string of the molecule is C[C@@H]1COCCN1c1cc(C23CC(NC(=O)N4CCCC4)(C2)C3)c2cnn(-c3ccn[nH]3)c2n1. The van der Waals surface area contributed by atoms with Crippen LogP contribution in [0.1, 0.15) is 44.6 Å². The van der Waals surface area contributed by atoms with Gasteiger partial charge in [0.25, 0.3) is 0 Å². The average Bonchev–Trinajstić information content (AvgIpc) is 3.56. The van der Waals surface area contributed by atoms with E-state index in [1.165, 1.54) is 5.56 Å². The van der Waals surface area contributed by atoms with E-state index in [4.69, 9.17) is 9.72 Å². The van der Waals surface area contributed by atoms with Gasteiger partial charge in [-0.05, 0) is 50.7 Å². The van der Waals surface area contributed by atoms with Crippen LogP contribution in [0.4, 0.5) is 10.6 Å². The zero-order valence-corrected chi connectivity index (χ0v) is 19.5. The summed E-state index contributed by atoms with van der Waals surface area (Å²) in [6.45, 7) is 6.17. The Balaban J connectivity index is 1.24. The van der Waals surface area contributed by atoms with Gasteiger partial charge in [-0.2, -0.15) is 14.9 Å². The van der Waals surface area contributed by atoms with E-state index in [9.17, 15) is 4.79 Å². The minimum absolute atomic E-state index is 0.0545. The molecule has 3 aromatic rings. The second kappa shape index (κ2) is 7.18. The normalized spacial score (nSPS) is 30.3. The molecule has 0 unspecified atom stereocenters. The van der Waals surface area contributed by atoms with Gasteiger partial charge in [-0.25, -0.2) is 9.78 Å². The van der Waals surface area contributed by atoms with E-state index in [0.717, 1.165) is 74.4 Å². The fourth-order valence-corrected chi connectivity index (χ4v) is 6.62. The van der Waals surface area contributed by atoms with E-state index in [0.29, 0.717) is 13.2 Å². The standard InChI is InChI=1S/C24H30N8O2/c1-16-12-34-9-8-31(16)20-10-18(17-11-26-32(21(17)27-20)19-4-5-25-29-19)23-13-24(14-23,15-23)28-22(33)30-6-2-3-7-30/h4-5,10-11,16H,2-3,6-9,12-15H2,1H3,(H,25,29)(H,28,33)/t16-,23?,24?/m1/s1. The second-order valence-electron chi connectivity index (χ2n) is 10.6. The summed E-state index contributed by atoms with van der Waals surface area (Å²) in [5.74, 6) is 1.77. The number of carbonyl (C=O) groups is 1. The highest BCUT2D eigenvalue weighted by molar-refractivity contribution is 5.85. The van der Waals surface area contributed by atoms with Gasteiger partial charge in [-0.15, -0.1) is 0 Å². The van der Waals surface area contributed by atoms with Crippen LogP contribution in [0.5, 0.6) is 0 Å². The summed E-state index contributed by atoms with van der Waals surface area (Å²) in [6.07, 6.45) is 8.82. The van der Waals surface area contributed by atoms with Crippen molar-refractivity contribution in [3.8, 4) is 5.82 Å². The Kier molecular flexibility index (Phi) is 4.28. The Labute approximate surface area is 197 Å². The molecular formula is C24H30N8O2. The average molecular weight is 463 g/mol. The number of ether oxygens (including phenoxy) is 1. The Hall–Kier alpha value is -3.14. The van der Waals surface area contributed by atoms with Crippen molar-refractivity contribution >= 4 is 22.9 Å². The smallest absolute Gasteiger partial charge is 0.317 e. The van der Waals surface area contributed by atoms with Crippen molar-refractivity contribution in [1.29, 1.82) is 0 Å². The van der Waals surface area contributed by atoms with Crippen LogP contribution in [0.2, 0.25) is 0 Å². The van der Waals surface area contributed by atoms with Crippen LogP contribution in [-0.2, 0) is 10.2 Å². The Morgan fingerprint density at radius 1 is 1.24 bits per heavy atom. The topological polar surface area (TPSA) is 104 Å². The first-order chi connectivity index (χ1) is 16.6. The van der Waals surface area contributed by atoms with Gasteiger partial charge < -0.3 is 19.9 Å². The highest BCUT2D eigenvalue weighted by Gasteiger charge is 2.69. The molecule has 3 aromatic heterocycles. The van der Waals surface area contributed by atoms with E-state index >= 15 is 0 Å². The summed E-state index contributed by atoms with van der Waals surface area (Å²) in [4.78, 5) is 22.1. The molecule has 178 valence electrons. The molecule has 2 saturated heterocycles. The molecule has 5 fully saturated rings. The van der Waals surface area contributed by atoms with Gasteiger partial charge in [-0.1, -0.05) is 0 Å². The highest BCUT2D eigenvalue weighted by atomic mass is 16.5. The fourth-order valence-electron chi connectivity index (χ4n) is 6.62. The molecular weight excluding hydrogens is 432 g/mol. The number of urea groups is 1. The molecule has 10 nitrogen and oxygen atoms in total. The lowest BCUT2D eigenvalue weighted by molar-refractivity contribution is -0.0797. The van der Waals surface area contributed by atoms with E-state index in [-0.39, 0.29) is 23.0 Å². The van der Waals surface area contributed by atoms with Gasteiger partial charge in [0.1, 0.15) is 5.82 Å². The quantitative estimate of drug-likeness (QED) is 0.617. The summed E-state index contributed by atoms with van der Waals surface area (Å²) in [7, 11) is 0. The maximum absolute atomic E-state index is 12.7. The lowest BCUT2D eigenvalue weighted by Crippen LogP contribution is -2.77. The summed E-state index contributed by atoms with van der Waals surface area (Å²) in [5, 5.41) is 16.2. The number of fused-ring (bicyclic) bond motifs is 1. The minimum atomic E-state index is -0.0545. The maximum atomic E-state index is 12.7. The van der Waals surface area contributed by atoms with Gasteiger partial charge in [0, 0.05) is 42.0 Å². The number of nitrogens with one attached hydrogen (secondary N) is 2. The molecule has 1 atom stereocenters. The largest absolute Gasteiger partial charge is 0.377 e. The maximum Gasteiger partial charge on any atom is 0.317 e. The molecule has 2 aliphatic heterocycles. The lowest BCUT2D eigenvalue weighted by atomic mass is 9.37. The third-order valence-corrected chi connectivity index (χ3v) is 8.27. The molecule has 34 heavy (non-hydrogen) atoms. The summed E-state index contributed by atoms with van der Waals surface area (Å²) in [5.41, 5.74) is 2.16. The van der Waals surface area contributed by atoms with Crippen LogP contribution in [0.3, 0.4) is 0 Å². The lowest BCUT2D eigenvalue weighted by Gasteiger charge is -2.71. The van der Waals surface area contributed by atoms with Gasteiger partial charge in [0.2, 0.25) is 0 Å². The zero-order valence-electron chi connectivity index (χ0n) is 19.5. The molecule has 2 N–H and O–H groups in total. The number of amides is 2. The number of hydrogen-bond acceptors (Lipinski definition) is 6. The number of aromatic nitrogens is 5. The molecule has 0 spiro atoms. The molecule has 10 heteroatoms. The molecule has 0 aromatic carbocycles. The highest BCUT2D eigenvalue weighted by Crippen LogP contribution is 2.68. The third-order valence-electron chi connectivity index (χ3n) is 8.27. The first kappa shape index (κ1) is 20.3. The summed E-state index contributed by atoms with van der Waals surface area (Å²) in [6, 6.07) is 4.55. The van der Waals surface area contributed by atoms with Crippen LogP contribution in [0, 0.1) is 0 Å². The number of pyridine rings is 1. The Morgan fingerprint density at radius 2 is 2.06 bits per heavy atom. The molecule has 3 saturated carbocycles. The van der Waals surface area contributed by atoms with E-state index in [1.54, 1.807) is 6.20 Å². The summed E-state index contributed by atoms with van der Waals surface area (Å²) < 4.78 is 7.52. The first-order valence-electron chi connectivity index (χ1n) is 12.4. The van der Waals surface area contributed by atoms with Crippen molar-refractivity contribution < 1.29 is 9.53 Å². The number of morpholine rings is 1. The fraction of sp³-hybridized carbons (Fsp3) is 0.583. The van der Waals surface area contributed by atoms with Crippen LogP contribution < -0.4 is 10.2 Å². The molecule has 5 aliphatic rings. The molecule has 3 aliphatic carbocycles. The van der Waals surface area contributed by atoms with E-state index in [1.807, 2.05) is 21.8 Å². The minimum Gasteiger partial charge on any atom is -0.377 e. The van der Waals surface area contributed by atoms with Gasteiger partial charge in [0.05, 0.1) is 31.6 Å². The van der Waals surface area contributed by atoms with Crippen LogP contribution in [0.25, 0.3) is 16.9 Å². The van der Waals surface area contributed by atoms with Crippen LogP contribution in [0.15, 0.2) is 24.5 Å². The number of aromatic amines is 1. The monoisotopic (exact) mass is 462 g/mol. The predicted octanol–water partition coefficient (Wildman–Crippen LogP) is 2.35. The molecule has 0 radical (unpaired) electrons. The Bertz CT molecular complexity index is 1230. The van der Waals surface area contributed by atoms with Gasteiger partial charge in [0.15, 0.2) is 11.5 Å². The van der Waals surface area contributed by atoms with Crippen molar-refractivity contribution in [3.05, 3.63) is 30.1 Å².